The van der Waals surface area contributed by atoms with Gasteiger partial charge in [-0.1, -0.05) is 32.9 Å². The third kappa shape index (κ3) is 4.92. The number of hydrogen-bond donors (Lipinski definition) is 0. The zero-order valence-corrected chi connectivity index (χ0v) is 25.6. The maximum atomic E-state index is 12.5. The summed E-state index contributed by atoms with van der Waals surface area (Å²) in [5, 5.41) is 0. The molecule has 0 aromatic carbocycles. The molecule has 4 saturated carbocycles. The van der Waals surface area contributed by atoms with Crippen LogP contribution in [0, 0.1) is 46.3 Å². The Kier molecular flexibility index (Phi) is 7.95. The van der Waals surface area contributed by atoms with Crippen LogP contribution in [0.1, 0.15) is 99.8 Å². The average Bonchev–Trinajstić information content (AvgIpc) is 3.32. The van der Waals surface area contributed by atoms with E-state index >= 15 is 0 Å². The molecule has 0 aromatic rings. The monoisotopic (exact) mass is 558 g/mol. The molecule has 0 aromatic heterocycles. The Labute approximate surface area is 240 Å². The highest BCUT2D eigenvalue weighted by Gasteiger charge is 2.70. The van der Waals surface area contributed by atoms with Crippen LogP contribution in [0.15, 0.2) is 12.2 Å². The van der Waals surface area contributed by atoms with Crippen molar-refractivity contribution >= 4 is 17.9 Å². The van der Waals surface area contributed by atoms with Crippen molar-refractivity contribution in [2.75, 3.05) is 0 Å². The van der Waals surface area contributed by atoms with Crippen molar-refractivity contribution in [3.8, 4) is 0 Å². The third-order valence-electron chi connectivity index (χ3n) is 12.1. The summed E-state index contributed by atoms with van der Waals surface area (Å²) in [6.45, 7) is 17.6. The number of carbonyl (C=O) groups excluding carboxylic acids is 3. The molecule has 1 saturated heterocycles. The van der Waals surface area contributed by atoms with Gasteiger partial charge in [-0.15, -0.1) is 0 Å². The van der Waals surface area contributed by atoms with Crippen molar-refractivity contribution in [1.29, 1.82) is 0 Å². The van der Waals surface area contributed by atoms with E-state index in [1.54, 1.807) is 0 Å². The van der Waals surface area contributed by atoms with Crippen LogP contribution in [0.4, 0.5) is 0 Å². The van der Waals surface area contributed by atoms with Crippen molar-refractivity contribution < 1.29 is 33.3 Å². The second-order valence-corrected chi connectivity index (χ2v) is 14.4. The van der Waals surface area contributed by atoms with E-state index in [1.165, 1.54) is 20.8 Å². The lowest BCUT2D eigenvalue weighted by Gasteiger charge is -2.62. The molecule has 1 heterocycles. The van der Waals surface area contributed by atoms with E-state index in [2.05, 4.69) is 27.4 Å². The molecule has 7 heteroatoms. The summed E-state index contributed by atoms with van der Waals surface area (Å²) in [6, 6.07) is 0. The van der Waals surface area contributed by atoms with Crippen molar-refractivity contribution in [3.63, 3.8) is 0 Å². The molecule has 0 N–H and O–H groups in total. The van der Waals surface area contributed by atoms with Gasteiger partial charge in [0.2, 0.25) is 0 Å². The number of fused-ring (bicyclic) bond motifs is 7. The number of hydrogen-bond acceptors (Lipinski definition) is 7. The number of ether oxygens (including phenoxy) is 4. The van der Waals surface area contributed by atoms with Crippen molar-refractivity contribution in [1.82, 2.24) is 0 Å². The molecule has 5 aliphatic rings. The quantitative estimate of drug-likeness (QED) is 0.223. The average molecular weight is 559 g/mol. The van der Waals surface area contributed by atoms with Crippen molar-refractivity contribution in [2.24, 2.45) is 46.3 Å². The van der Waals surface area contributed by atoms with Crippen molar-refractivity contribution in [3.05, 3.63) is 12.2 Å². The first kappa shape index (κ1) is 29.6. The summed E-state index contributed by atoms with van der Waals surface area (Å²) in [4.78, 5) is 36.2. The summed E-state index contributed by atoms with van der Waals surface area (Å²) < 4.78 is 24.5. The van der Waals surface area contributed by atoms with Crippen LogP contribution in [0.2, 0.25) is 0 Å². The highest BCUT2D eigenvalue weighted by atomic mass is 16.6. The van der Waals surface area contributed by atoms with Crippen molar-refractivity contribution in [2.45, 2.75) is 130 Å². The molecule has 0 unspecified atom stereocenters. The highest BCUT2D eigenvalue weighted by molar-refractivity contribution is 5.67. The minimum Gasteiger partial charge on any atom is -0.463 e. The lowest BCUT2D eigenvalue weighted by atomic mass is 9.43. The Morgan fingerprint density at radius 1 is 0.925 bits per heavy atom. The van der Waals surface area contributed by atoms with Gasteiger partial charge in [-0.25, -0.2) is 0 Å². The zero-order valence-electron chi connectivity index (χ0n) is 25.6. The van der Waals surface area contributed by atoms with Gasteiger partial charge < -0.3 is 18.9 Å². The Morgan fingerprint density at radius 3 is 2.25 bits per heavy atom. The fraction of sp³-hybridized carbons (Fsp3) is 0.848. The SMILES string of the molecule is C=C(C)C[C@@H](OC(C)=O)[C@H]1O[C@H]2C[C@H]3[C@@H]4CC[C@H]5C[C@@H](OC(C)=O)CC[C@]5(C)[C@H]4C[C@@H](OC(C)=O)[C@]3(C)[C@H]2[C@@H]1C. The summed E-state index contributed by atoms with van der Waals surface area (Å²) in [5.74, 6) is 1.63. The largest absolute Gasteiger partial charge is 0.463 e. The first-order chi connectivity index (χ1) is 18.7. The Bertz CT molecular complexity index is 1020. The van der Waals surface area contributed by atoms with Gasteiger partial charge in [-0.3, -0.25) is 14.4 Å². The minimum absolute atomic E-state index is 0.0200. The van der Waals surface area contributed by atoms with Gasteiger partial charge >= 0.3 is 17.9 Å². The highest BCUT2D eigenvalue weighted by Crippen LogP contribution is 2.70. The van der Waals surface area contributed by atoms with Crippen LogP contribution in [0.3, 0.4) is 0 Å². The molecule has 0 bridgehead atoms. The number of rotatable bonds is 6. The predicted octanol–water partition coefficient (Wildman–Crippen LogP) is 6.03. The Hall–Kier alpha value is -1.89. The molecule has 7 nitrogen and oxygen atoms in total. The summed E-state index contributed by atoms with van der Waals surface area (Å²) in [5.41, 5.74) is 0.914. The van der Waals surface area contributed by atoms with E-state index in [0.717, 1.165) is 50.5 Å². The molecule has 5 fully saturated rings. The molecule has 0 spiro atoms. The van der Waals surface area contributed by atoms with Crippen LogP contribution in [-0.2, 0) is 33.3 Å². The molecule has 4 aliphatic carbocycles. The van der Waals surface area contributed by atoms with Gasteiger partial charge in [-0.2, -0.15) is 0 Å². The molecule has 13 atom stereocenters. The smallest absolute Gasteiger partial charge is 0.303 e. The summed E-state index contributed by atoms with van der Waals surface area (Å²) in [6.07, 6.45) is 6.96. The predicted molar refractivity (Wildman–Crippen MR) is 150 cm³/mol. The third-order valence-corrected chi connectivity index (χ3v) is 12.1. The minimum atomic E-state index is -0.358. The van der Waals surface area contributed by atoms with E-state index in [-0.39, 0.29) is 71.1 Å². The first-order valence-electron chi connectivity index (χ1n) is 15.6. The molecular formula is C33H50O7. The molecule has 0 amide bonds. The molecule has 224 valence electrons. The number of carbonyl (C=O) groups is 3. The lowest BCUT2D eigenvalue weighted by Crippen LogP contribution is -2.60. The molecule has 40 heavy (non-hydrogen) atoms. The fourth-order valence-electron chi connectivity index (χ4n) is 10.7. The summed E-state index contributed by atoms with van der Waals surface area (Å²) >= 11 is 0. The standard InChI is InChI=1S/C33H50O7/c1-17(2)13-28(38-20(5)35)31-18(3)30-27(40-31)15-26-24-10-9-22-14-23(37-19(4)34)11-12-32(22,7)25(24)16-29(33(26,30)8)39-21(6)36/h18,22-31H,1,9-16H2,2-8H3/t18-,22-,23-,24+,25-,26-,27-,28+,29+,30-,31-,32-,33+/m0/s1. The van der Waals surface area contributed by atoms with Crippen LogP contribution in [0.5, 0.6) is 0 Å². The Morgan fingerprint density at radius 2 is 1.62 bits per heavy atom. The topological polar surface area (TPSA) is 88.1 Å². The van der Waals surface area contributed by atoms with Crippen LogP contribution in [0.25, 0.3) is 0 Å². The molecule has 5 rings (SSSR count). The molecular weight excluding hydrogens is 508 g/mol. The number of esters is 3. The molecule has 0 radical (unpaired) electrons. The lowest BCUT2D eigenvalue weighted by molar-refractivity contribution is -0.198. The maximum absolute atomic E-state index is 12.5. The van der Waals surface area contributed by atoms with E-state index in [4.69, 9.17) is 18.9 Å². The van der Waals surface area contributed by atoms with Gasteiger partial charge in [-0.05, 0) is 92.8 Å². The van der Waals surface area contributed by atoms with E-state index < -0.39 is 0 Å². The van der Waals surface area contributed by atoms with Gasteiger partial charge in [0.25, 0.3) is 0 Å². The van der Waals surface area contributed by atoms with Crippen LogP contribution >= 0.6 is 0 Å². The zero-order chi connectivity index (χ0) is 29.1. The maximum Gasteiger partial charge on any atom is 0.303 e. The van der Waals surface area contributed by atoms with E-state index in [0.29, 0.717) is 30.1 Å². The summed E-state index contributed by atoms with van der Waals surface area (Å²) in [7, 11) is 0. The van der Waals surface area contributed by atoms with Gasteiger partial charge in [0.15, 0.2) is 0 Å². The Balaban J connectivity index is 1.43. The van der Waals surface area contributed by atoms with Gasteiger partial charge in [0, 0.05) is 32.6 Å². The van der Waals surface area contributed by atoms with E-state index in [9.17, 15) is 14.4 Å². The molecule has 1 aliphatic heterocycles. The van der Waals surface area contributed by atoms with Crippen LogP contribution < -0.4 is 0 Å². The first-order valence-corrected chi connectivity index (χ1v) is 15.6. The second kappa shape index (κ2) is 10.7. The second-order valence-electron chi connectivity index (χ2n) is 14.4. The fourth-order valence-corrected chi connectivity index (χ4v) is 10.7. The van der Waals surface area contributed by atoms with Crippen LogP contribution in [-0.4, -0.2) is 48.4 Å². The normalized spacial score (nSPS) is 46.2. The van der Waals surface area contributed by atoms with Gasteiger partial charge in [0.1, 0.15) is 18.3 Å². The van der Waals surface area contributed by atoms with E-state index in [1.807, 2.05) is 6.92 Å². The van der Waals surface area contributed by atoms with Gasteiger partial charge in [0.05, 0.1) is 12.2 Å².